The fourth-order valence-electron chi connectivity index (χ4n) is 5.17. The van der Waals surface area contributed by atoms with Crippen LogP contribution in [-0.4, -0.2) is 72.4 Å². The standard InChI is InChI=1S/C18H20FN3O3.C15H17N3O3.ClH/c1-2-11-9-13(18(24)25)17(23)21-16(11)12-3-4-15(14(19)10-12)22-7-5-20-6-8-22;1-18(2)11-5-3-9(4-6-11)13-10(8-16)7-12(15(20)21)14(19)17-13;/h3-4,9-10,20H,2,5-8H2,1H3,(H,21,23)(H,24,25);3-7H,8,16H2,1-2H3,(H,17,19)(H,20,21);1H. The Morgan fingerprint density at radius 2 is 1.36 bits per heavy atom. The van der Waals surface area contributed by atoms with Gasteiger partial charge in [0.25, 0.3) is 11.1 Å². The number of carboxylic acids is 2. The van der Waals surface area contributed by atoms with Crippen molar-refractivity contribution in [2.45, 2.75) is 19.9 Å². The highest BCUT2D eigenvalue weighted by Crippen LogP contribution is 2.28. The summed E-state index contributed by atoms with van der Waals surface area (Å²) < 4.78 is 14.6. The Morgan fingerprint density at radius 3 is 1.83 bits per heavy atom. The molecule has 14 heteroatoms. The van der Waals surface area contributed by atoms with Gasteiger partial charge in [-0.3, -0.25) is 9.59 Å². The number of nitrogens with zero attached hydrogens (tertiary/aromatic N) is 2. The van der Waals surface area contributed by atoms with E-state index in [0.717, 1.165) is 37.4 Å². The first-order valence-electron chi connectivity index (χ1n) is 14.7. The highest BCUT2D eigenvalue weighted by atomic mass is 35.5. The van der Waals surface area contributed by atoms with Crippen LogP contribution in [0.1, 0.15) is 38.8 Å². The number of carbonyl (C=O) groups is 2. The number of aryl methyl sites for hydroxylation is 1. The van der Waals surface area contributed by atoms with Gasteiger partial charge in [0.1, 0.15) is 16.9 Å². The van der Waals surface area contributed by atoms with Crippen molar-refractivity contribution in [2.75, 3.05) is 50.1 Å². The quantitative estimate of drug-likeness (QED) is 0.162. The summed E-state index contributed by atoms with van der Waals surface area (Å²) in [5.41, 5.74) is 8.87. The maximum atomic E-state index is 14.6. The van der Waals surface area contributed by atoms with E-state index < -0.39 is 23.1 Å². The summed E-state index contributed by atoms with van der Waals surface area (Å²) in [6, 6.07) is 15.1. The van der Waals surface area contributed by atoms with E-state index in [4.69, 9.17) is 15.9 Å². The monoisotopic (exact) mass is 668 g/mol. The minimum atomic E-state index is -1.28. The number of aromatic nitrogens is 2. The molecule has 0 saturated carbocycles. The fraction of sp³-hybridized carbons (Fsp3) is 0.273. The molecule has 47 heavy (non-hydrogen) atoms. The van der Waals surface area contributed by atoms with Crippen molar-refractivity contribution in [2.24, 2.45) is 5.73 Å². The molecule has 4 aromatic rings. The number of carboxylic acid groups (broad SMARTS) is 2. The lowest BCUT2D eigenvalue weighted by atomic mass is 10.0. The van der Waals surface area contributed by atoms with E-state index >= 15 is 0 Å². The SMILES string of the molecule is CCc1cc(C(=O)O)c(=O)[nH]c1-c1ccc(N2CCNCC2)c(F)c1.CN(C)c1ccc(-c2[nH]c(=O)c(C(=O)O)cc2CN)cc1.Cl. The highest BCUT2D eigenvalue weighted by Gasteiger charge is 2.18. The summed E-state index contributed by atoms with van der Waals surface area (Å²) in [6.45, 7) is 5.09. The molecule has 0 bridgehead atoms. The lowest BCUT2D eigenvalue weighted by molar-refractivity contribution is 0.0684. The number of aromatic carboxylic acids is 2. The van der Waals surface area contributed by atoms with Crippen molar-refractivity contribution < 1.29 is 24.2 Å². The number of pyridine rings is 2. The van der Waals surface area contributed by atoms with Gasteiger partial charge in [-0.25, -0.2) is 14.0 Å². The number of H-pyrrole nitrogens is 2. The number of piperazine rings is 1. The Balaban J connectivity index is 0.000000254. The number of nitrogens with two attached hydrogens (primary N) is 1. The van der Waals surface area contributed by atoms with Gasteiger partial charge in [0.2, 0.25) is 0 Å². The maximum Gasteiger partial charge on any atom is 0.341 e. The molecule has 0 unspecified atom stereocenters. The molecule has 5 rings (SSSR count). The van der Waals surface area contributed by atoms with E-state index in [0.29, 0.717) is 40.2 Å². The number of hydrogen-bond donors (Lipinski definition) is 6. The molecule has 2 aromatic heterocycles. The Bertz CT molecular complexity index is 1850. The van der Waals surface area contributed by atoms with Gasteiger partial charge in [-0.1, -0.05) is 25.1 Å². The number of anilines is 2. The van der Waals surface area contributed by atoms with Crippen molar-refractivity contribution in [1.82, 2.24) is 15.3 Å². The van der Waals surface area contributed by atoms with E-state index in [9.17, 15) is 23.6 Å². The van der Waals surface area contributed by atoms with Crippen LogP contribution in [-0.2, 0) is 13.0 Å². The average Bonchev–Trinajstić information content (AvgIpc) is 3.04. The van der Waals surface area contributed by atoms with Gasteiger partial charge in [-0.05, 0) is 59.5 Å². The number of halogens is 2. The van der Waals surface area contributed by atoms with Gasteiger partial charge in [-0.15, -0.1) is 12.4 Å². The van der Waals surface area contributed by atoms with Crippen molar-refractivity contribution in [3.05, 3.63) is 103 Å². The second-order valence-corrected chi connectivity index (χ2v) is 10.8. The molecular weight excluding hydrogens is 631 g/mol. The first kappa shape index (κ1) is 36.5. The van der Waals surface area contributed by atoms with Gasteiger partial charge in [0.15, 0.2) is 0 Å². The van der Waals surface area contributed by atoms with Crippen LogP contribution in [0.5, 0.6) is 0 Å². The van der Waals surface area contributed by atoms with E-state index in [1.54, 1.807) is 12.1 Å². The molecule has 0 spiro atoms. The average molecular weight is 669 g/mol. The summed E-state index contributed by atoms with van der Waals surface area (Å²) in [6.07, 6.45) is 0.521. The largest absolute Gasteiger partial charge is 0.477 e. The van der Waals surface area contributed by atoms with Crippen molar-refractivity contribution >= 4 is 35.7 Å². The number of nitrogens with one attached hydrogen (secondary N) is 3. The third-order valence-electron chi connectivity index (χ3n) is 7.67. The highest BCUT2D eigenvalue weighted by molar-refractivity contribution is 5.88. The van der Waals surface area contributed by atoms with Gasteiger partial charge >= 0.3 is 11.9 Å². The van der Waals surface area contributed by atoms with Crippen LogP contribution in [0.4, 0.5) is 15.8 Å². The van der Waals surface area contributed by atoms with Gasteiger partial charge < -0.3 is 41.0 Å². The van der Waals surface area contributed by atoms with Crippen LogP contribution in [0.3, 0.4) is 0 Å². The Kier molecular flexibility index (Phi) is 12.4. The molecule has 1 aliphatic heterocycles. The molecule has 0 atom stereocenters. The van der Waals surface area contributed by atoms with Crippen molar-refractivity contribution in [3.63, 3.8) is 0 Å². The molecule has 0 radical (unpaired) electrons. The van der Waals surface area contributed by atoms with Gasteiger partial charge in [0.05, 0.1) is 17.1 Å². The zero-order chi connectivity index (χ0) is 33.5. The van der Waals surface area contributed by atoms with Crippen LogP contribution in [0.15, 0.2) is 64.2 Å². The number of hydrogen-bond acceptors (Lipinski definition) is 8. The van der Waals surface area contributed by atoms with Crippen LogP contribution < -0.4 is 32.0 Å². The fourth-order valence-corrected chi connectivity index (χ4v) is 5.17. The number of benzene rings is 2. The predicted molar refractivity (Wildman–Crippen MR) is 183 cm³/mol. The van der Waals surface area contributed by atoms with Crippen LogP contribution in [0.2, 0.25) is 0 Å². The Morgan fingerprint density at radius 1 is 0.851 bits per heavy atom. The topological polar surface area (TPSA) is 185 Å². The second-order valence-electron chi connectivity index (χ2n) is 10.8. The van der Waals surface area contributed by atoms with Crippen molar-refractivity contribution in [3.8, 4) is 22.5 Å². The maximum absolute atomic E-state index is 14.6. The van der Waals surface area contributed by atoms with Crippen LogP contribution in [0, 0.1) is 5.82 Å². The predicted octanol–water partition coefficient (Wildman–Crippen LogP) is 3.54. The molecule has 1 aliphatic rings. The van der Waals surface area contributed by atoms with E-state index in [2.05, 4.69) is 15.3 Å². The summed E-state index contributed by atoms with van der Waals surface area (Å²) in [5.74, 6) is -2.90. The molecule has 1 fully saturated rings. The molecule has 250 valence electrons. The third kappa shape index (κ3) is 8.44. The minimum absolute atomic E-state index is 0. The molecule has 12 nitrogen and oxygen atoms in total. The Hall–Kier alpha value is -4.98. The van der Waals surface area contributed by atoms with Crippen molar-refractivity contribution in [1.29, 1.82) is 0 Å². The number of rotatable bonds is 8. The summed E-state index contributed by atoms with van der Waals surface area (Å²) in [5, 5.41) is 21.3. The normalized spacial score (nSPS) is 12.4. The molecule has 3 heterocycles. The second kappa shape index (κ2) is 16.0. The Labute approximate surface area is 276 Å². The molecule has 7 N–H and O–H groups in total. The van der Waals surface area contributed by atoms with E-state index in [1.165, 1.54) is 18.2 Å². The lowest BCUT2D eigenvalue weighted by Crippen LogP contribution is -2.43. The zero-order valence-electron chi connectivity index (χ0n) is 26.2. The molecule has 2 aromatic carbocycles. The third-order valence-corrected chi connectivity index (χ3v) is 7.67. The summed E-state index contributed by atoms with van der Waals surface area (Å²) in [4.78, 5) is 55.0. The molecule has 0 amide bonds. The zero-order valence-corrected chi connectivity index (χ0v) is 27.0. The molecule has 1 saturated heterocycles. The lowest BCUT2D eigenvalue weighted by Gasteiger charge is -2.29. The summed E-state index contributed by atoms with van der Waals surface area (Å²) in [7, 11) is 3.87. The van der Waals surface area contributed by atoms with E-state index in [-0.39, 0.29) is 35.9 Å². The number of aromatic amines is 2. The van der Waals surface area contributed by atoms with Crippen LogP contribution in [0.25, 0.3) is 22.5 Å². The van der Waals surface area contributed by atoms with Crippen LogP contribution >= 0.6 is 12.4 Å². The smallest absolute Gasteiger partial charge is 0.341 e. The van der Waals surface area contributed by atoms with E-state index in [1.807, 2.05) is 55.1 Å². The first-order chi connectivity index (χ1) is 21.9. The van der Waals surface area contributed by atoms with Gasteiger partial charge in [-0.2, -0.15) is 0 Å². The first-order valence-corrected chi connectivity index (χ1v) is 14.7. The summed E-state index contributed by atoms with van der Waals surface area (Å²) >= 11 is 0. The molecule has 0 aliphatic carbocycles. The van der Waals surface area contributed by atoms with Gasteiger partial charge in [0, 0.05) is 58.1 Å². The minimum Gasteiger partial charge on any atom is -0.477 e. The molecular formula is C33H38ClFN6O6.